The van der Waals surface area contributed by atoms with Gasteiger partial charge in [-0.05, 0) is 88.9 Å². The van der Waals surface area contributed by atoms with Crippen molar-refractivity contribution in [2.75, 3.05) is 19.8 Å². The number of esters is 2. The van der Waals surface area contributed by atoms with Crippen LogP contribution in [-0.2, 0) is 33.3 Å². The molecule has 1 spiro atoms. The van der Waals surface area contributed by atoms with E-state index in [9.17, 15) is 24.6 Å². The molecule has 6 atom stereocenters. The molecule has 1 N–H and O–H groups in total. The van der Waals surface area contributed by atoms with Crippen LogP contribution in [0.1, 0.15) is 77.6 Å². The number of carbonyl (C=O) groups excluding carboxylic acids is 3. The maximum Gasteiger partial charge on any atom is 0.333 e. The number of rotatable bonds is 6. The van der Waals surface area contributed by atoms with Crippen molar-refractivity contribution in [2.45, 2.75) is 94.5 Å². The summed E-state index contributed by atoms with van der Waals surface area (Å²) in [6.07, 6.45) is 7.01. The van der Waals surface area contributed by atoms with Crippen LogP contribution in [0, 0.1) is 40.4 Å². The van der Waals surface area contributed by atoms with Crippen LogP contribution in [0.4, 0.5) is 0 Å². The van der Waals surface area contributed by atoms with E-state index in [-0.39, 0.29) is 55.9 Å². The van der Waals surface area contributed by atoms with Crippen LogP contribution in [0.3, 0.4) is 0 Å². The molecule has 8 aliphatic carbocycles. The minimum atomic E-state index is -1.35. The molecule has 9 fully saturated rings. The van der Waals surface area contributed by atoms with E-state index in [1.165, 1.54) is 0 Å². The minimum absolute atomic E-state index is 0.0948. The van der Waals surface area contributed by atoms with Gasteiger partial charge >= 0.3 is 11.9 Å². The van der Waals surface area contributed by atoms with E-state index < -0.39 is 33.8 Å². The van der Waals surface area contributed by atoms with Crippen molar-refractivity contribution in [1.82, 2.24) is 0 Å². The third-order valence-corrected chi connectivity index (χ3v) is 11.4. The Morgan fingerprint density at radius 3 is 2.18 bits per heavy atom. The Labute approximate surface area is 228 Å². The average molecular weight is 544 g/mol. The van der Waals surface area contributed by atoms with Gasteiger partial charge in [-0.25, -0.2) is 4.79 Å². The lowest BCUT2D eigenvalue weighted by Crippen LogP contribution is -2.76. The molecule has 1 aliphatic heterocycles. The van der Waals surface area contributed by atoms with Gasteiger partial charge in [-0.15, -0.1) is 0 Å². The molecule has 1 heterocycles. The van der Waals surface area contributed by atoms with E-state index in [0.29, 0.717) is 43.1 Å². The molecule has 0 amide bonds. The number of hydrogen-bond acceptors (Lipinski definition) is 9. The van der Waals surface area contributed by atoms with Gasteiger partial charge in [0, 0.05) is 35.2 Å². The molecule has 0 radical (unpaired) electrons. The molecule has 214 valence electrons. The Bertz CT molecular complexity index is 1110. The second-order valence-corrected chi connectivity index (χ2v) is 14.5. The Morgan fingerprint density at radius 1 is 0.923 bits per heavy atom. The molecule has 6 unspecified atom stereocenters. The van der Waals surface area contributed by atoms with Gasteiger partial charge in [0.2, 0.25) is 0 Å². The van der Waals surface area contributed by atoms with Crippen molar-refractivity contribution in [2.24, 2.45) is 40.4 Å². The van der Waals surface area contributed by atoms with Gasteiger partial charge < -0.3 is 34.0 Å². The lowest BCUT2D eigenvalue weighted by atomic mass is 9.45. The summed E-state index contributed by atoms with van der Waals surface area (Å²) >= 11 is 0. The molecule has 9 nitrogen and oxygen atoms in total. The largest absolute Gasteiger partial charge is 0.550 e. The van der Waals surface area contributed by atoms with E-state index in [2.05, 4.69) is 6.58 Å². The van der Waals surface area contributed by atoms with Crippen LogP contribution in [0.25, 0.3) is 0 Å². The monoisotopic (exact) mass is 543 g/mol. The zero-order chi connectivity index (χ0) is 27.4. The Hall–Kier alpha value is -1.97. The van der Waals surface area contributed by atoms with Crippen molar-refractivity contribution in [3.63, 3.8) is 0 Å². The van der Waals surface area contributed by atoms with E-state index in [0.717, 1.165) is 38.5 Å². The lowest BCUT2D eigenvalue weighted by molar-refractivity contribution is -0.427. The highest BCUT2D eigenvalue weighted by atomic mass is 16.7. The van der Waals surface area contributed by atoms with Crippen molar-refractivity contribution in [3.05, 3.63) is 12.2 Å². The Morgan fingerprint density at radius 2 is 1.56 bits per heavy atom. The summed E-state index contributed by atoms with van der Waals surface area (Å²) in [5.41, 5.74) is -3.23. The first-order valence-corrected chi connectivity index (χ1v) is 14.7. The van der Waals surface area contributed by atoms with Crippen molar-refractivity contribution in [1.29, 1.82) is 0 Å². The summed E-state index contributed by atoms with van der Waals surface area (Å²) in [6.45, 7) is 6.07. The van der Waals surface area contributed by atoms with E-state index in [1.54, 1.807) is 6.92 Å². The molecule has 0 aromatic carbocycles. The molecule has 8 bridgehead atoms. The molecule has 9 heteroatoms. The van der Waals surface area contributed by atoms with Crippen LogP contribution in [-0.4, -0.2) is 59.8 Å². The summed E-state index contributed by atoms with van der Waals surface area (Å²) in [5, 5.41) is 23.7. The third-order valence-electron chi connectivity index (χ3n) is 11.4. The molecule has 9 aliphatic rings. The molecule has 9 rings (SSSR count). The van der Waals surface area contributed by atoms with E-state index in [4.69, 9.17) is 18.9 Å². The van der Waals surface area contributed by atoms with Gasteiger partial charge in [-0.2, -0.15) is 0 Å². The first-order chi connectivity index (χ1) is 18.4. The van der Waals surface area contributed by atoms with Gasteiger partial charge in [0.15, 0.2) is 5.79 Å². The van der Waals surface area contributed by atoms with Crippen LogP contribution in [0.15, 0.2) is 12.2 Å². The number of ether oxygens (including phenoxy) is 4. The van der Waals surface area contributed by atoms with Crippen molar-refractivity contribution >= 4 is 17.9 Å². The molecule has 39 heavy (non-hydrogen) atoms. The molecule has 8 saturated carbocycles. The third kappa shape index (κ3) is 3.71. The van der Waals surface area contributed by atoms with Crippen LogP contribution in [0.5, 0.6) is 0 Å². The zero-order valence-corrected chi connectivity index (χ0v) is 22.7. The predicted octanol–water partition coefficient (Wildman–Crippen LogP) is 2.04. The number of aliphatic carboxylic acids is 1. The lowest BCUT2D eigenvalue weighted by Gasteiger charge is -2.68. The van der Waals surface area contributed by atoms with Crippen molar-refractivity contribution < 1.29 is 43.5 Å². The maximum atomic E-state index is 13.6. The summed E-state index contributed by atoms with van der Waals surface area (Å²) < 4.78 is 24.5. The number of carboxylic acids is 1. The minimum Gasteiger partial charge on any atom is -0.550 e. The van der Waals surface area contributed by atoms with Gasteiger partial charge in [0.1, 0.15) is 11.2 Å². The molecule has 0 aromatic heterocycles. The van der Waals surface area contributed by atoms with Crippen LogP contribution in [0.2, 0.25) is 0 Å². The SMILES string of the molecule is C=C(C)C(=O)OC12CC3CC(C1)CC(C(=O)OCC1COC4(OC1)C1CC5CC(C(=O)[O-])(C1)CC4(O)C5)(C3)C2. The Balaban J connectivity index is 0.998. The molecular weight excluding hydrogens is 504 g/mol. The summed E-state index contributed by atoms with van der Waals surface area (Å²) in [5.74, 6) is -2.45. The smallest absolute Gasteiger partial charge is 0.333 e. The summed E-state index contributed by atoms with van der Waals surface area (Å²) in [6, 6.07) is 0. The van der Waals surface area contributed by atoms with Gasteiger partial charge in [-0.1, -0.05) is 6.58 Å². The van der Waals surface area contributed by atoms with Crippen LogP contribution >= 0.6 is 0 Å². The summed E-state index contributed by atoms with van der Waals surface area (Å²) in [4.78, 5) is 38.0. The average Bonchev–Trinajstić information content (AvgIpc) is 2.84. The van der Waals surface area contributed by atoms with Crippen LogP contribution < -0.4 is 5.11 Å². The summed E-state index contributed by atoms with van der Waals surface area (Å²) in [7, 11) is 0. The first kappa shape index (κ1) is 26.0. The number of hydrogen-bond donors (Lipinski definition) is 1. The van der Waals surface area contributed by atoms with Crippen molar-refractivity contribution in [3.8, 4) is 0 Å². The normalized spacial score (nSPS) is 50.7. The van der Waals surface area contributed by atoms with E-state index in [1.807, 2.05) is 0 Å². The molecule has 1 saturated heterocycles. The second-order valence-electron chi connectivity index (χ2n) is 14.5. The highest BCUT2D eigenvalue weighted by molar-refractivity contribution is 5.87. The highest BCUT2D eigenvalue weighted by Gasteiger charge is 2.72. The number of aliphatic hydroxyl groups is 1. The second kappa shape index (κ2) is 8.29. The maximum absolute atomic E-state index is 13.6. The van der Waals surface area contributed by atoms with Gasteiger partial charge in [-0.3, -0.25) is 4.79 Å². The molecule has 0 aromatic rings. The van der Waals surface area contributed by atoms with Gasteiger partial charge in [0.25, 0.3) is 0 Å². The predicted molar refractivity (Wildman–Crippen MR) is 132 cm³/mol. The quantitative estimate of drug-likeness (QED) is 0.395. The number of carbonyl (C=O) groups is 3. The fraction of sp³-hybridized carbons (Fsp3) is 0.833. The highest BCUT2D eigenvalue weighted by Crippen LogP contribution is 2.67. The zero-order valence-electron chi connectivity index (χ0n) is 22.7. The molecular formula is C30H39O9-. The van der Waals surface area contributed by atoms with Gasteiger partial charge in [0.05, 0.1) is 25.2 Å². The topological polar surface area (TPSA) is 131 Å². The fourth-order valence-electron chi connectivity index (χ4n) is 10.6. The van der Waals surface area contributed by atoms with E-state index >= 15 is 0 Å². The fourth-order valence-corrected chi connectivity index (χ4v) is 10.6. The standard InChI is InChI=1S/C30H40O9/c1-17(2)23(31)39-28-8-18-3-19(9-28)7-27(6-18,15-28)25(34)36-12-21-13-37-30(38-14-21)22-4-20-5-26(11-22,24(32)33)16-29(30,35)10-20/h18-22,35H,1,3-16H2,2H3,(H,32,33)/p-1. The number of carboxylic acid groups (broad SMARTS) is 1. The Kier molecular flexibility index (Phi) is 5.52. The first-order valence-electron chi connectivity index (χ1n) is 14.7.